The highest BCUT2D eigenvalue weighted by molar-refractivity contribution is 7.91. The molecule has 1 fully saturated rings. The fraction of sp³-hybridized carbons (Fsp3) is 0.476. The third kappa shape index (κ3) is 5.81. The van der Waals surface area contributed by atoms with Crippen LogP contribution >= 0.6 is 11.3 Å². The summed E-state index contributed by atoms with van der Waals surface area (Å²) in [7, 11) is -3.51. The Morgan fingerprint density at radius 1 is 1.28 bits per heavy atom. The molecule has 8 heteroatoms. The number of hydrogen-bond donors (Lipinski definition) is 1. The number of carbonyl (C=O) groups excluding carboxylic acids is 1. The van der Waals surface area contributed by atoms with E-state index in [0.29, 0.717) is 36.7 Å². The van der Waals surface area contributed by atoms with Crippen molar-refractivity contribution in [2.24, 2.45) is 5.92 Å². The number of aryl methyl sites for hydroxylation is 1. The summed E-state index contributed by atoms with van der Waals surface area (Å²) in [5, 5.41) is 4.63. The third-order valence-corrected chi connectivity index (χ3v) is 8.21. The summed E-state index contributed by atoms with van der Waals surface area (Å²) < 4.78 is 32.8. The highest BCUT2D eigenvalue weighted by atomic mass is 32.2. The monoisotopic (exact) mass is 436 g/mol. The SMILES string of the molecule is CCCc1ccc(OCCNC(=O)[C@H]2CCCN(S(=O)(=O)c3cccs3)C2)cc1. The van der Waals surface area contributed by atoms with E-state index in [1.54, 1.807) is 17.5 Å². The van der Waals surface area contributed by atoms with Gasteiger partial charge in [0.2, 0.25) is 5.91 Å². The van der Waals surface area contributed by atoms with Crippen LogP contribution in [-0.2, 0) is 21.2 Å². The predicted octanol–water partition coefficient (Wildman–Crippen LogP) is 3.30. The van der Waals surface area contributed by atoms with Gasteiger partial charge in [-0.15, -0.1) is 11.3 Å². The molecule has 0 radical (unpaired) electrons. The minimum absolute atomic E-state index is 0.113. The van der Waals surface area contributed by atoms with Crippen molar-refractivity contribution >= 4 is 27.3 Å². The quantitative estimate of drug-likeness (QED) is 0.612. The van der Waals surface area contributed by atoms with Gasteiger partial charge < -0.3 is 10.1 Å². The molecule has 1 aromatic heterocycles. The van der Waals surface area contributed by atoms with Gasteiger partial charge in [-0.05, 0) is 48.4 Å². The van der Waals surface area contributed by atoms with Gasteiger partial charge in [0.25, 0.3) is 10.0 Å². The van der Waals surface area contributed by atoms with Crippen LogP contribution in [0.2, 0.25) is 0 Å². The van der Waals surface area contributed by atoms with Crippen LogP contribution in [0.5, 0.6) is 5.75 Å². The van der Waals surface area contributed by atoms with Crippen molar-refractivity contribution in [2.75, 3.05) is 26.2 Å². The van der Waals surface area contributed by atoms with Gasteiger partial charge >= 0.3 is 0 Å². The first kappa shape index (κ1) is 21.8. The smallest absolute Gasteiger partial charge is 0.252 e. The van der Waals surface area contributed by atoms with Crippen LogP contribution in [-0.4, -0.2) is 44.9 Å². The second kappa shape index (κ2) is 10.2. The normalized spacial score (nSPS) is 17.8. The molecule has 0 spiro atoms. The number of nitrogens with zero attached hydrogens (tertiary/aromatic N) is 1. The number of piperidine rings is 1. The fourth-order valence-electron chi connectivity index (χ4n) is 3.44. The van der Waals surface area contributed by atoms with E-state index in [9.17, 15) is 13.2 Å². The van der Waals surface area contributed by atoms with Crippen molar-refractivity contribution in [3.8, 4) is 5.75 Å². The van der Waals surface area contributed by atoms with Crippen LogP contribution in [0.3, 0.4) is 0 Å². The number of nitrogens with one attached hydrogen (secondary N) is 1. The summed E-state index contributed by atoms with van der Waals surface area (Å²) in [5.41, 5.74) is 1.28. The summed E-state index contributed by atoms with van der Waals surface area (Å²) in [5.74, 6) is 0.342. The summed E-state index contributed by atoms with van der Waals surface area (Å²) in [6.45, 7) is 3.61. The first-order valence-corrected chi connectivity index (χ1v) is 12.4. The summed E-state index contributed by atoms with van der Waals surface area (Å²) >= 11 is 1.20. The lowest BCUT2D eigenvalue weighted by atomic mass is 9.99. The van der Waals surface area contributed by atoms with Crippen LogP contribution in [0.15, 0.2) is 46.0 Å². The molecule has 2 aromatic rings. The first-order valence-electron chi connectivity index (χ1n) is 10.0. The molecule has 1 N–H and O–H groups in total. The van der Waals surface area contributed by atoms with E-state index in [4.69, 9.17) is 4.74 Å². The number of rotatable bonds is 9. The molecular formula is C21H28N2O4S2. The van der Waals surface area contributed by atoms with E-state index in [0.717, 1.165) is 18.6 Å². The predicted molar refractivity (Wildman–Crippen MR) is 115 cm³/mol. The van der Waals surface area contributed by atoms with Gasteiger partial charge in [-0.25, -0.2) is 8.42 Å². The molecule has 1 aliphatic rings. The van der Waals surface area contributed by atoms with Gasteiger partial charge in [-0.2, -0.15) is 4.31 Å². The number of sulfonamides is 1. The molecular weight excluding hydrogens is 408 g/mol. The van der Waals surface area contributed by atoms with Gasteiger partial charge in [0, 0.05) is 13.1 Å². The van der Waals surface area contributed by atoms with E-state index in [-0.39, 0.29) is 18.4 Å². The lowest BCUT2D eigenvalue weighted by Gasteiger charge is -2.30. The molecule has 0 bridgehead atoms. The number of ether oxygens (including phenoxy) is 1. The minimum atomic E-state index is -3.51. The molecule has 1 atom stereocenters. The Morgan fingerprint density at radius 2 is 2.07 bits per heavy atom. The molecule has 158 valence electrons. The Kier molecular flexibility index (Phi) is 7.69. The molecule has 1 saturated heterocycles. The van der Waals surface area contributed by atoms with Gasteiger partial charge in [-0.3, -0.25) is 4.79 Å². The van der Waals surface area contributed by atoms with Crippen molar-refractivity contribution in [1.82, 2.24) is 9.62 Å². The molecule has 0 aliphatic carbocycles. The van der Waals surface area contributed by atoms with Gasteiger partial charge in [0.05, 0.1) is 12.5 Å². The van der Waals surface area contributed by atoms with E-state index >= 15 is 0 Å². The van der Waals surface area contributed by atoms with Crippen molar-refractivity contribution in [3.63, 3.8) is 0 Å². The number of hydrogen-bond acceptors (Lipinski definition) is 5. The Balaban J connectivity index is 1.44. The standard InChI is InChI=1S/C21H28N2O4S2/c1-2-5-17-8-10-19(11-9-17)27-14-12-22-21(24)18-6-3-13-23(16-18)29(25,26)20-7-4-15-28-20/h4,7-11,15,18H,2-3,5-6,12-14,16H2,1H3,(H,22,24)/t18-/m0/s1. The largest absolute Gasteiger partial charge is 0.492 e. The van der Waals surface area contributed by atoms with Crippen LogP contribution in [0.4, 0.5) is 0 Å². The average Bonchev–Trinajstić information content (AvgIpc) is 3.28. The number of benzene rings is 1. The van der Waals surface area contributed by atoms with E-state index in [2.05, 4.69) is 24.4 Å². The lowest BCUT2D eigenvalue weighted by Crippen LogP contribution is -2.45. The maximum atomic E-state index is 12.7. The lowest BCUT2D eigenvalue weighted by molar-refractivity contribution is -0.126. The maximum Gasteiger partial charge on any atom is 0.252 e. The molecule has 6 nitrogen and oxygen atoms in total. The number of amides is 1. The summed E-state index contributed by atoms with van der Waals surface area (Å²) in [6, 6.07) is 11.3. The van der Waals surface area contributed by atoms with Crippen LogP contribution < -0.4 is 10.1 Å². The molecule has 1 aliphatic heterocycles. The van der Waals surface area contributed by atoms with Crippen LogP contribution in [0, 0.1) is 5.92 Å². The fourth-order valence-corrected chi connectivity index (χ4v) is 6.11. The molecule has 1 aromatic carbocycles. The van der Waals surface area contributed by atoms with Crippen molar-refractivity contribution in [1.29, 1.82) is 0 Å². The second-order valence-corrected chi connectivity index (χ2v) is 10.3. The van der Waals surface area contributed by atoms with E-state index in [1.807, 2.05) is 12.1 Å². The van der Waals surface area contributed by atoms with Crippen molar-refractivity contribution in [3.05, 3.63) is 47.3 Å². The minimum Gasteiger partial charge on any atom is -0.492 e. The van der Waals surface area contributed by atoms with Gasteiger partial charge in [0.15, 0.2) is 0 Å². The van der Waals surface area contributed by atoms with E-state index < -0.39 is 10.0 Å². The summed E-state index contributed by atoms with van der Waals surface area (Å²) in [4.78, 5) is 12.5. The van der Waals surface area contributed by atoms with Crippen molar-refractivity contribution < 1.29 is 17.9 Å². The van der Waals surface area contributed by atoms with Gasteiger partial charge in [-0.1, -0.05) is 31.5 Å². The first-order chi connectivity index (χ1) is 14.0. The van der Waals surface area contributed by atoms with Gasteiger partial charge in [0.1, 0.15) is 16.6 Å². The number of thiophene rings is 1. The highest BCUT2D eigenvalue weighted by Gasteiger charge is 2.33. The molecule has 1 amide bonds. The molecule has 0 saturated carbocycles. The van der Waals surface area contributed by atoms with E-state index in [1.165, 1.54) is 21.2 Å². The molecule has 3 rings (SSSR count). The molecule has 0 unspecified atom stereocenters. The van der Waals surface area contributed by atoms with Crippen molar-refractivity contribution in [2.45, 2.75) is 36.8 Å². The maximum absolute atomic E-state index is 12.7. The number of carbonyl (C=O) groups is 1. The summed E-state index contributed by atoms with van der Waals surface area (Å²) in [6.07, 6.45) is 3.54. The van der Waals surface area contributed by atoms with Crippen LogP contribution in [0.25, 0.3) is 0 Å². The average molecular weight is 437 g/mol. The Bertz CT molecular complexity index is 880. The topological polar surface area (TPSA) is 75.7 Å². The second-order valence-electron chi connectivity index (χ2n) is 7.17. The Labute approximate surface area is 176 Å². The zero-order valence-corrected chi connectivity index (χ0v) is 18.3. The molecule has 2 heterocycles. The third-order valence-electron chi connectivity index (χ3n) is 4.98. The zero-order chi connectivity index (χ0) is 20.7. The Morgan fingerprint density at radius 3 is 2.76 bits per heavy atom. The zero-order valence-electron chi connectivity index (χ0n) is 16.7. The molecule has 29 heavy (non-hydrogen) atoms. The van der Waals surface area contributed by atoms with Crippen LogP contribution in [0.1, 0.15) is 31.7 Å². The highest BCUT2D eigenvalue weighted by Crippen LogP contribution is 2.26. The Hall–Kier alpha value is -1.90.